The van der Waals surface area contributed by atoms with Gasteiger partial charge in [-0.25, -0.2) is 14.4 Å². The third-order valence-corrected chi connectivity index (χ3v) is 6.01. The van der Waals surface area contributed by atoms with Gasteiger partial charge in [-0.1, -0.05) is 23.7 Å². The van der Waals surface area contributed by atoms with Crippen molar-refractivity contribution in [3.05, 3.63) is 88.6 Å². The smallest absolute Gasteiger partial charge is 0.225 e. The molecule has 0 radical (unpaired) electrons. The summed E-state index contributed by atoms with van der Waals surface area (Å²) in [5.41, 5.74) is 4.99. The van der Waals surface area contributed by atoms with E-state index in [9.17, 15) is 4.39 Å². The number of aromatic nitrogens is 3. The lowest BCUT2D eigenvalue weighted by Gasteiger charge is -2.36. The summed E-state index contributed by atoms with van der Waals surface area (Å²) >= 11 is 6.14. The highest BCUT2D eigenvalue weighted by Crippen LogP contribution is 2.28. The van der Waals surface area contributed by atoms with E-state index in [0.717, 1.165) is 60.0 Å². The molecule has 2 aromatic carbocycles. The van der Waals surface area contributed by atoms with Crippen LogP contribution in [0.2, 0.25) is 5.02 Å². The Hall–Kier alpha value is -3.25. The van der Waals surface area contributed by atoms with Crippen molar-refractivity contribution in [2.75, 3.05) is 36.0 Å². The minimum atomic E-state index is -0.226. The zero-order chi connectivity index (χ0) is 22.1. The van der Waals surface area contributed by atoms with E-state index in [0.29, 0.717) is 11.4 Å². The molecule has 0 saturated carbocycles. The van der Waals surface area contributed by atoms with Gasteiger partial charge < -0.3 is 9.80 Å². The van der Waals surface area contributed by atoms with Crippen LogP contribution in [0.15, 0.2) is 60.8 Å². The predicted molar refractivity (Wildman–Crippen MR) is 127 cm³/mol. The maximum atomic E-state index is 13.2. The molecular formula is C25H23ClFN5. The number of anilines is 2. The first-order valence-corrected chi connectivity index (χ1v) is 11.1. The van der Waals surface area contributed by atoms with Crippen LogP contribution in [0.25, 0.3) is 10.9 Å². The Morgan fingerprint density at radius 1 is 0.906 bits per heavy atom. The highest BCUT2D eigenvalue weighted by atomic mass is 35.5. The van der Waals surface area contributed by atoms with E-state index in [4.69, 9.17) is 16.6 Å². The highest BCUT2D eigenvalue weighted by Gasteiger charge is 2.21. The summed E-state index contributed by atoms with van der Waals surface area (Å²) < 4.78 is 13.2. The van der Waals surface area contributed by atoms with Gasteiger partial charge in [0.05, 0.1) is 11.2 Å². The monoisotopic (exact) mass is 447 g/mol. The van der Waals surface area contributed by atoms with E-state index in [2.05, 4.69) is 25.8 Å². The second-order valence-corrected chi connectivity index (χ2v) is 8.51. The maximum absolute atomic E-state index is 13.2. The van der Waals surface area contributed by atoms with Crippen molar-refractivity contribution < 1.29 is 4.39 Å². The lowest BCUT2D eigenvalue weighted by Crippen LogP contribution is -2.47. The van der Waals surface area contributed by atoms with Crippen molar-refractivity contribution in [2.24, 2.45) is 0 Å². The van der Waals surface area contributed by atoms with Gasteiger partial charge in [-0.05, 0) is 55.0 Å². The molecule has 0 spiro atoms. The molecule has 5 rings (SSSR count). The molecule has 0 bridgehead atoms. The van der Waals surface area contributed by atoms with Crippen LogP contribution < -0.4 is 9.80 Å². The zero-order valence-electron chi connectivity index (χ0n) is 17.8. The fourth-order valence-electron chi connectivity index (χ4n) is 4.19. The lowest BCUT2D eigenvalue weighted by molar-refractivity contribution is 0.627. The van der Waals surface area contributed by atoms with Crippen LogP contribution in [0, 0.1) is 12.7 Å². The molecule has 0 aliphatic carbocycles. The molecule has 0 N–H and O–H groups in total. The Morgan fingerprint density at radius 3 is 2.44 bits per heavy atom. The standard InChI is InChI=1S/C25H23ClFN5/c1-17-14-21(15-18-2-5-20(27)6-3-18)30-25(29-17)32-12-10-31(11-13-32)24-8-9-28-23-16-19(26)4-7-22(23)24/h2-9,14,16H,10-13,15H2,1H3. The zero-order valence-corrected chi connectivity index (χ0v) is 18.6. The Balaban J connectivity index is 1.32. The first kappa shape index (κ1) is 20.6. The molecule has 1 saturated heterocycles. The molecule has 0 unspecified atom stereocenters. The molecule has 2 aromatic heterocycles. The summed E-state index contributed by atoms with van der Waals surface area (Å²) in [6.07, 6.45) is 2.49. The summed E-state index contributed by atoms with van der Waals surface area (Å²) in [6, 6.07) is 16.5. The lowest BCUT2D eigenvalue weighted by atomic mass is 10.1. The number of aryl methyl sites for hydroxylation is 1. The van der Waals surface area contributed by atoms with E-state index < -0.39 is 0 Å². The van der Waals surface area contributed by atoms with E-state index >= 15 is 0 Å². The number of pyridine rings is 1. The molecule has 1 aliphatic rings. The van der Waals surface area contributed by atoms with Gasteiger partial charge >= 0.3 is 0 Å². The fourth-order valence-corrected chi connectivity index (χ4v) is 4.36. The molecular weight excluding hydrogens is 425 g/mol. The van der Waals surface area contributed by atoms with Gasteiger partial charge in [0.1, 0.15) is 5.82 Å². The topological polar surface area (TPSA) is 45.2 Å². The molecule has 0 amide bonds. The number of hydrogen-bond acceptors (Lipinski definition) is 5. The Kier molecular flexibility index (Phi) is 5.62. The average molecular weight is 448 g/mol. The summed E-state index contributed by atoms with van der Waals surface area (Å²) in [4.78, 5) is 18.6. The molecule has 162 valence electrons. The fraction of sp³-hybridized carbons (Fsp3) is 0.240. The number of hydrogen-bond donors (Lipinski definition) is 0. The summed E-state index contributed by atoms with van der Waals surface area (Å²) in [5, 5.41) is 1.80. The highest BCUT2D eigenvalue weighted by molar-refractivity contribution is 6.31. The van der Waals surface area contributed by atoms with Crippen molar-refractivity contribution in [3.63, 3.8) is 0 Å². The van der Waals surface area contributed by atoms with Gasteiger partial charge in [-0.15, -0.1) is 0 Å². The van der Waals surface area contributed by atoms with Crippen molar-refractivity contribution in [3.8, 4) is 0 Å². The van der Waals surface area contributed by atoms with Crippen molar-refractivity contribution in [1.29, 1.82) is 0 Å². The van der Waals surface area contributed by atoms with Crippen molar-refractivity contribution in [1.82, 2.24) is 15.0 Å². The number of nitrogens with zero attached hydrogens (tertiary/aromatic N) is 5. The first-order chi connectivity index (χ1) is 15.5. The van der Waals surface area contributed by atoms with E-state index in [-0.39, 0.29) is 5.82 Å². The predicted octanol–water partition coefficient (Wildman–Crippen LogP) is 5.04. The van der Waals surface area contributed by atoms with Crippen molar-refractivity contribution in [2.45, 2.75) is 13.3 Å². The molecule has 5 nitrogen and oxygen atoms in total. The van der Waals surface area contributed by atoms with E-state index in [1.165, 1.54) is 17.8 Å². The molecule has 3 heterocycles. The van der Waals surface area contributed by atoms with Gasteiger partial charge in [0.25, 0.3) is 0 Å². The first-order valence-electron chi connectivity index (χ1n) is 10.7. The minimum Gasteiger partial charge on any atom is -0.367 e. The third kappa shape index (κ3) is 4.36. The van der Waals surface area contributed by atoms with Crippen LogP contribution in [0.3, 0.4) is 0 Å². The van der Waals surface area contributed by atoms with E-state index in [1.54, 1.807) is 12.1 Å². The van der Waals surface area contributed by atoms with Crippen LogP contribution in [-0.2, 0) is 6.42 Å². The largest absolute Gasteiger partial charge is 0.367 e. The van der Waals surface area contributed by atoms with Crippen LogP contribution >= 0.6 is 11.6 Å². The number of rotatable bonds is 4. The Morgan fingerprint density at radius 2 is 1.66 bits per heavy atom. The van der Waals surface area contributed by atoms with Crippen molar-refractivity contribution >= 4 is 34.1 Å². The summed E-state index contributed by atoms with van der Waals surface area (Å²) in [6.45, 7) is 5.39. The number of piperazine rings is 1. The molecule has 32 heavy (non-hydrogen) atoms. The molecule has 7 heteroatoms. The second kappa shape index (κ2) is 8.71. The van der Waals surface area contributed by atoms with Gasteiger partial charge in [0.15, 0.2) is 0 Å². The third-order valence-electron chi connectivity index (χ3n) is 5.78. The SMILES string of the molecule is Cc1cc(Cc2ccc(F)cc2)nc(N2CCN(c3ccnc4cc(Cl)ccc34)CC2)n1. The van der Waals surface area contributed by atoms with Crippen LogP contribution in [0.5, 0.6) is 0 Å². The molecule has 0 atom stereocenters. The second-order valence-electron chi connectivity index (χ2n) is 8.07. The quantitative estimate of drug-likeness (QED) is 0.438. The average Bonchev–Trinajstić information content (AvgIpc) is 2.80. The number of benzene rings is 2. The minimum absolute atomic E-state index is 0.226. The van der Waals surface area contributed by atoms with Crippen LogP contribution in [0.4, 0.5) is 16.0 Å². The van der Waals surface area contributed by atoms with Crippen LogP contribution in [0.1, 0.15) is 17.0 Å². The molecule has 4 aromatic rings. The van der Waals surface area contributed by atoms with Gasteiger partial charge in [-0.3, -0.25) is 4.98 Å². The van der Waals surface area contributed by atoms with E-state index in [1.807, 2.05) is 37.4 Å². The Labute approximate surface area is 191 Å². The molecule has 1 fully saturated rings. The number of halogens is 2. The van der Waals surface area contributed by atoms with Gasteiger partial charge in [-0.2, -0.15) is 0 Å². The summed E-state index contributed by atoms with van der Waals surface area (Å²) in [7, 11) is 0. The maximum Gasteiger partial charge on any atom is 0.225 e. The van der Waals surface area contributed by atoms with Gasteiger partial charge in [0, 0.05) is 60.6 Å². The van der Waals surface area contributed by atoms with Crippen LogP contribution in [-0.4, -0.2) is 41.1 Å². The molecule has 1 aliphatic heterocycles. The normalized spacial score (nSPS) is 14.2. The van der Waals surface area contributed by atoms with Gasteiger partial charge in [0.2, 0.25) is 5.95 Å². The Bertz CT molecular complexity index is 1250. The summed E-state index contributed by atoms with van der Waals surface area (Å²) in [5.74, 6) is 0.532. The number of fused-ring (bicyclic) bond motifs is 1.